The van der Waals surface area contributed by atoms with Crippen LogP contribution in [0.3, 0.4) is 0 Å². The van der Waals surface area contributed by atoms with Gasteiger partial charge in [0.05, 0.1) is 18.9 Å². The van der Waals surface area contributed by atoms with Crippen molar-refractivity contribution in [2.24, 2.45) is 0 Å². The summed E-state index contributed by atoms with van der Waals surface area (Å²) in [7, 11) is 1.57. The molecule has 0 radical (unpaired) electrons. The van der Waals surface area contributed by atoms with Gasteiger partial charge in [-0.2, -0.15) is 0 Å². The summed E-state index contributed by atoms with van der Waals surface area (Å²) in [5, 5.41) is 0. The Kier molecular flexibility index (Phi) is 4.68. The number of benzene rings is 2. The maximum Gasteiger partial charge on any atom is 0.232 e. The van der Waals surface area contributed by atoms with Crippen LogP contribution >= 0.6 is 0 Å². The highest BCUT2D eigenvalue weighted by molar-refractivity contribution is 6.14. The van der Waals surface area contributed by atoms with E-state index < -0.39 is 0 Å². The zero-order chi connectivity index (χ0) is 19.5. The molecule has 1 aliphatic rings. The average molecular weight is 376 g/mol. The van der Waals surface area contributed by atoms with Crippen LogP contribution in [0, 0.1) is 0 Å². The molecule has 0 aliphatic carbocycles. The highest BCUT2D eigenvalue weighted by atomic mass is 16.5. The third-order valence-corrected chi connectivity index (χ3v) is 4.24. The molecule has 0 saturated carbocycles. The summed E-state index contributed by atoms with van der Waals surface area (Å²) < 4.78 is 21.5. The summed E-state index contributed by atoms with van der Waals surface area (Å²) in [6, 6.07) is 15.1. The molecule has 0 bridgehead atoms. The standard InChI is InChI=1S/C22H16O6/c1-25-15-6-4-14(5-7-15)19(23)13-27-17-8-9-18-20(11-17)28-21(22(18)24)12-16-3-2-10-26-16/h2-12H,13H2,1H3. The third kappa shape index (κ3) is 3.53. The van der Waals surface area contributed by atoms with Crippen LogP contribution in [0.2, 0.25) is 0 Å². The number of methoxy groups -OCH3 is 1. The second-order valence-electron chi connectivity index (χ2n) is 6.05. The van der Waals surface area contributed by atoms with Crippen LogP contribution in [0.4, 0.5) is 0 Å². The highest BCUT2D eigenvalue weighted by Gasteiger charge is 2.28. The van der Waals surface area contributed by atoms with Gasteiger partial charge in [-0.15, -0.1) is 0 Å². The highest BCUT2D eigenvalue weighted by Crippen LogP contribution is 2.35. The minimum atomic E-state index is -0.229. The fourth-order valence-electron chi connectivity index (χ4n) is 2.77. The summed E-state index contributed by atoms with van der Waals surface area (Å²) >= 11 is 0. The first-order chi connectivity index (χ1) is 13.6. The predicted octanol–water partition coefficient (Wildman–Crippen LogP) is 4.17. The number of ether oxygens (including phenoxy) is 3. The number of hydrogen-bond donors (Lipinski definition) is 0. The van der Waals surface area contributed by atoms with Gasteiger partial charge in [-0.25, -0.2) is 0 Å². The van der Waals surface area contributed by atoms with Gasteiger partial charge in [0.2, 0.25) is 5.78 Å². The minimum Gasteiger partial charge on any atom is -0.497 e. The molecule has 0 atom stereocenters. The van der Waals surface area contributed by atoms with Crippen molar-refractivity contribution in [3.63, 3.8) is 0 Å². The predicted molar refractivity (Wildman–Crippen MR) is 101 cm³/mol. The SMILES string of the molecule is COc1ccc(C(=O)COc2ccc3c(c2)OC(=Cc2ccco2)C3=O)cc1. The van der Waals surface area contributed by atoms with Crippen LogP contribution in [0.1, 0.15) is 26.5 Å². The lowest BCUT2D eigenvalue weighted by Crippen LogP contribution is -2.11. The Bertz CT molecular complexity index is 1050. The maximum atomic E-state index is 12.4. The van der Waals surface area contributed by atoms with Gasteiger partial charge in [-0.05, 0) is 48.5 Å². The maximum absolute atomic E-state index is 12.4. The third-order valence-electron chi connectivity index (χ3n) is 4.24. The number of allylic oxidation sites excluding steroid dienone is 1. The first-order valence-corrected chi connectivity index (χ1v) is 8.56. The smallest absolute Gasteiger partial charge is 0.232 e. The van der Waals surface area contributed by atoms with Gasteiger partial charge in [-0.1, -0.05) is 0 Å². The van der Waals surface area contributed by atoms with Gasteiger partial charge in [-0.3, -0.25) is 9.59 Å². The van der Waals surface area contributed by atoms with E-state index in [1.807, 2.05) is 0 Å². The lowest BCUT2D eigenvalue weighted by Gasteiger charge is -2.07. The van der Waals surface area contributed by atoms with Crippen LogP contribution in [0.5, 0.6) is 17.2 Å². The molecular weight excluding hydrogens is 360 g/mol. The van der Waals surface area contributed by atoms with Gasteiger partial charge in [0, 0.05) is 17.7 Å². The van der Waals surface area contributed by atoms with E-state index in [1.165, 1.54) is 12.3 Å². The van der Waals surface area contributed by atoms with E-state index in [2.05, 4.69) is 0 Å². The van der Waals surface area contributed by atoms with Crippen LogP contribution < -0.4 is 14.2 Å². The Morgan fingerprint density at radius 3 is 2.57 bits per heavy atom. The number of furan rings is 1. The van der Waals surface area contributed by atoms with Crippen LogP contribution in [0.25, 0.3) is 6.08 Å². The lowest BCUT2D eigenvalue weighted by molar-refractivity contribution is 0.0921. The molecule has 1 aliphatic heterocycles. The summed E-state index contributed by atoms with van der Waals surface area (Å²) in [5.74, 6) is 1.81. The summed E-state index contributed by atoms with van der Waals surface area (Å²) in [6.45, 7) is -0.131. The molecule has 4 rings (SSSR count). The molecular formula is C22H16O6. The van der Waals surface area contributed by atoms with Crippen molar-refractivity contribution in [1.29, 1.82) is 0 Å². The molecule has 6 heteroatoms. The van der Waals surface area contributed by atoms with Gasteiger partial charge >= 0.3 is 0 Å². The zero-order valence-electron chi connectivity index (χ0n) is 15.0. The number of carbonyl (C=O) groups excluding carboxylic acids is 2. The van der Waals surface area contributed by atoms with Gasteiger partial charge < -0.3 is 18.6 Å². The van der Waals surface area contributed by atoms with E-state index in [0.717, 1.165) is 0 Å². The van der Waals surface area contributed by atoms with E-state index in [4.69, 9.17) is 18.6 Å². The number of fused-ring (bicyclic) bond motifs is 1. The second-order valence-corrected chi connectivity index (χ2v) is 6.05. The Hall–Kier alpha value is -3.80. The van der Waals surface area contributed by atoms with Gasteiger partial charge in [0.1, 0.15) is 23.0 Å². The molecule has 0 N–H and O–H groups in total. The summed E-state index contributed by atoms with van der Waals surface area (Å²) in [6.07, 6.45) is 3.06. The topological polar surface area (TPSA) is 75.0 Å². The van der Waals surface area contributed by atoms with Crippen molar-refractivity contribution in [2.75, 3.05) is 13.7 Å². The number of Topliss-reactive ketones (excluding diaryl/α,β-unsaturated/α-hetero) is 2. The fourth-order valence-corrected chi connectivity index (χ4v) is 2.77. The Labute approximate surface area is 160 Å². The first-order valence-electron chi connectivity index (χ1n) is 8.56. The van der Waals surface area contributed by atoms with Crippen molar-refractivity contribution in [1.82, 2.24) is 0 Å². The zero-order valence-corrected chi connectivity index (χ0v) is 15.0. The van der Waals surface area contributed by atoms with Crippen LogP contribution in [-0.4, -0.2) is 25.3 Å². The van der Waals surface area contributed by atoms with Gasteiger partial charge in [0.25, 0.3) is 0 Å². The molecule has 140 valence electrons. The normalized spacial score (nSPS) is 13.9. The molecule has 1 aromatic heterocycles. The van der Waals surface area contributed by atoms with Crippen molar-refractivity contribution in [3.05, 3.63) is 83.5 Å². The van der Waals surface area contributed by atoms with Crippen LogP contribution in [-0.2, 0) is 0 Å². The molecule has 3 aromatic rings. The number of ketones is 2. The summed E-state index contributed by atoms with van der Waals surface area (Å²) in [4.78, 5) is 24.7. The lowest BCUT2D eigenvalue weighted by atomic mass is 10.1. The molecule has 6 nitrogen and oxygen atoms in total. The minimum absolute atomic E-state index is 0.131. The molecule has 0 amide bonds. The molecule has 2 heterocycles. The fraction of sp³-hybridized carbons (Fsp3) is 0.0909. The monoisotopic (exact) mass is 376 g/mol. The quantitative estimate of drug-likeness (QED) is 0.475. The molecule has 0 unspecified atom stereocenters. The molecule has 0 spiro atoms. The van der Waals surface area contributed by atoms with E-state index in [1.54, 1.807) is 61.7 Å². The van der Waals surface area contributed by atoms with Crippen molar-refractivity contribution >= 4 is 17.6 Å². The first kappa shape index (κ1) is 17.6. The molecule has 0 fully saturated rings. The Morgan fingerprint density at radius 1 is 1.07 bits per heavy atom. The largest absolute Gasteiger partial charge is 0.497 e. The second kappa shape index (κ2) is 7.44. The summed E-state index contributed by atoms with van der Waals surface area (Å²) in [5.41, 5.74) is 0.962. The molecule has 28 heavy (non-hydrogen) atoms. The number of rotatable bonds is 6. The van der Waals surface area contributed by atoms with Crippen LogP contribution in [0.15, 0.2) is 71.0 Å². The van der Waals surface area contributed by atoms with Gasteiger partial charge in [0.15, 0.2) is 18.1 Å². The Morgan fingerprint density at radius 2 is 1.86 bits per heavy atom. The van der Waals surface area contributed by atoms with E-state index in [-0.39, 0.29) is 23.9 Å². The Balaban J connectivity index is 1.44. The van der Waals surface area contributed by atoms with Crippen molar-refractivity contribution in [3.8, 4) is 17.2 Å². The average Bonchev–Trinajstić information content (AvgIpc) is 3.34. The molecule has 2 aromatic carbocycles. The van der Waals surface area contributed by atoms with Crippen molar-refractivity contribution in [2.45, 2.75) is 0 Å². The van der Waals surface area contributed by atoms with E-state index in [9.17, 15) is 9.59 Å². The molecule has 0 saturated heterocycles. The number of carbonyl (C=O) groups is 2. The number of hydrogen-bond acceptors (Lipinski definition) is 6. The van der Waals surface area contributed by atoms with E-state index >= 15 is 0 Å². The van der Waals surface area contributed by atoms with Crippen molar-refractivity contribution < 1.29 is 28.2 Å². The van der Waals surface area contributed by atoms with E-state index in [0.29, 0.717) is 34.1 Å².